The van der Waals surface area contributed by atoms with Crippen molar-refractivity contribution in [3.63, 3.8) is 0 Å². The van der Waals surface area contributed by atoms with Gasteiger partial charge in [0.05, 0.1) is 34.1 Å². The van der Waals surface area contributed by atoms with Gasteiger partial charge in [0.2, 0.25) is 0 Å². The van der Waals surface area contributed by atoms with Gasteiger partial charge in [-0.1, -0.05) is 261 Å². The third-order valence-electron chi connectivity index (χ3n) is 22.5. The zero-order chi connectivity index (χ0) is 82.2. The average molecular weight is 1580 g/mol. The highest BCUT2D eigenvalue weighted by Gasteiger charge is 2.37. The van der Waals surface area contributed by atoms with Crippen LogP contribution in [0, 0.1) is 0 Å². The maximum absolute atomic E-state index is 12.4. The molecular formula is C109H100N4O5S. The van der Waals surface area contributed by atoms with Gasteiger partial charge in [0.25, 0.3) is 0 Å². The van der Waals surface area contributed by atoms with Gasteiger partial charge in [-0.2, -0.15) is 0 Å². The molecule has 0 saturated carbocycles. The van der Waals surface area contributed by atoms with Crippen molar-refractivity contribution >= 4 is 125 Å². The van der Waals surface area contributed by atoms with Gasteiger partial charge in [-0.25, -0.2) is 0 Å². The van der Waals surface area contributed by atoms with Crippen LogP contribution in [0.5, 0.6) is 11.5 Å². The molecule has 15 aromatic rings. The Bertz CT molecular complexity index is 5700. The molecule has 0 unspecified atom stereocenters. The fourth-order valence-electron chi connectivity index (χ4n) is 16.0. The molecule has 3 heterocycles. The van der Waals surface area contributed by atoms with Gasteiger partial charge in [-0.3, -0.25) is 19.2 Å². The maximum Gasteiger partial charge on any atom is 0.162 e. The number of hydrogen-bond donors (Lipinski definition) is 0. The van der Waals surface area contributed by atoms with Crippen LogP contribution < -0.4 is 24.3 Å². The number of para-hydroxylation sites is 8. The summed E-state index contributed by atoms with van der Waals surface area (Å²) in [7, 11) is 0. The number of benzene rings is 15. The predicted molar refractivity (Wildman–Crippen MR) is 497 cm³/mol. The molecule has 0 saturated heterocycles. The number of hydrogen-bond acceptors (Lipinski definition) is 10. The van der Waals surface area contributed by atoms with Gasteiger partial charge in [-0.05, 0) is 239 Å². The van der Waals surface area contributed by atoms with Crippen LogP contribution in [0.2, 0.25) is 0 Å². The number of fused-ring (bicyclic) bond motifs is 8. The molecular weight excluding hydrogens is 1480 g/mol. The lowest BCUT2D eigenvalue weighted by molar-refractivity contribution is 0.0972. The molecule has 0 atom stereocenters. The van der Waals surface area contributed by atoms with Crippen LogP contribution in [0.1, 0.15) is 171 Å². The Morgan fingerprint density at radius 2 is 0.580 bits per heavy atom. The lowest BCUT2D eigenvalue weighted by Gasteiger charge is -2.42. The van der Waals surface area contributed by atoms with Crippen molar-refractivity contribution in [2.45, 2.75) is 134 Å². The Morgan fingerprint density at radius 1 is 0.294 bits per heavy atom. The van der Waals surface area contributed by atoms with Gasteiger partial charge in [-0.15, -0.1) is 0 Å². The van der Waals surface area contributed by atoms with Gasteiger partial charge in [0, 0.05) is 97.3 Å². The molecule has 0 spiro atoms. The molecule has 0 aliphatic carbocycles. The monoisotopic (exact) mass is 1580 g/mol. The molecule has 18 rings (SSSR count). The van der Waals surface area contributed by atoms with Crippen molar-refractivity contribution < 1.29 is 23.9 Å². The summed E-state index contributed by atoms with van der Waals surface area (Å²) in [5, 5.41) is 4.88. The fourth-order valence-corrected chi connectivity index (χ4v) is 17.0. The lowest BCUT2D eigenvalue weighted by Crippen LogP contribution is -2.30. The smallest absolute Gasteiger partial charge is 0.162 e. The zero-order valence-electron chi connectivity index (χ0n) is 68.7. The molecule has 0 radical (unpaired) electrons. The second-order valence-electron chi connectivity index (χ2n) is 31.0. The van der Waals surface area contributed by atoms with Crippen LogP contribution in [-0.4, -0.2) is 23.1 Å². The van der Waals surface area contributed by atoms with E-state index in [2.05, 4.69) is 304 Å². The van der Waals surface area contributed by atoms with E-state index in [1.54, 1.807) is 11.8 Å². The van der Waals surface area contributed by atoms with E-state index in [1.807, 2.05) is 109 Å². The summed E-state index contributed by atoms with van der Waals surface area (Å²) in [6, 6.07) is 121. The molecule has 3 aliphatic heterocycles. The Balaban J connectivity index is 0.000000126. The first-order valence-corrected chi connectivity index (χ1v) is 42.8. The van der Waals surface area contributed by atoms with E-state index in [1.165, 1.54) is 65.2 Å². The van der Waals surface area contributed by atoms with Crippen LogP contribution in [0.15, 0.2) is 362 Å². The molecule has 10 heteroatoms. The molecule has 0 N–H and O–H groups in total. The summed E-state index contributed by atoms with van der Waals surface area (Å²) < 4.78 is 6.04. The highest BCUT2D eigenvalue weighted by atomic mass is 32.2. The molecule has 0 amide bonds. The Labute approximate surface area is 705 Å². The summed E-state index contributed by atoms with van der Waals surface area (Å²) in [5.41, 5.74) is 21.3. The third kappa shape index (κ3) is 18.2. The van der Waals surface area contributed by atoms with E-state index in [0.717, 1.165) is 142 Å². The van der Waals surface area contributed by atoms with Crippen LogP contribution >= 0.6 is 11.8 Å². The fraction of sp³-hybridized carbons (Fsp3) is 0.174. The Kier molecular flexibility index (Phi) is 25.8. The number of unbranched alkanes of at least 4 members (excludes halogenated alkanes) is 4. The molecule has 3 aliphatic rings. The van der Waals surface area contributed by atoms with Gasteiger partial charge >= 0.3 is 0 Å². The van der Waals surface area contributed by atoms with Crippen LogP contribution in [-0.2, 0) is 5.41 Å². The SMILES string of the molecule is CCCCC(=O)c1ccc(-c2ccc(N(c3ccc4ccccc4c3)c3ccc4ccccc4c3)cc2)cc1.CCCCC(=O)c1ccc(N2c3ccccc3C(C)(C)c3ccccc32)cc1.CCCCC(=O)c1ccc(N2c3ccccc3Oc3ccccc32)cc1.CCCCC(=O)c1ccc(N2c3ccccc3Sc3ccccc32)cc1. The van der Waals surface area contributed by atoms with Crippen LogP contribution in [0.3, 0.4) is 0 Å². The van der Waals surface area contributed by atoms with E-state index < -0.39 is 0 Å². The van der Waals surface area contributed by atoms with Gasteiger partial charge in [0.15, 0.2) is 34.6 Å². The Morgan fingerprint density at radius 3 is 0.958 bits per heavy atom. The first-order valence-electron chi connectivity index (χ1n) is 42.0. The number of nitrogens with zero attached hydrogens (tertiary/aromatic N) is 4. The first kappa shape index (κ1) is 81.0. The molecule has 119 heavy (non-hydrogen) atoms. The lowest BCUT2D eigenvalue weighted by atomic mass is 9.73. The normalized spacial score (nSPS) is 12.4. The van der Waals surface area contributed by atoms with E-state index in [-0.39, 0.29) is 28.5 Å². The van der Waals surface area contributed by atoms with Crippen molar-refractivity contribution in [2.75, 3.05) is 19.6 Å². The number of carbonyl (C=O) groups is 4. The number of anilines is 12. The van der Waals surface area contributed by atoms with E-state index in [0.29, 0.717) is 25.7 Å². The summed E-state index contributed by atoms with van der Waals surface area (Å²) in [6.45, 7) is 13.0. The van der Waals surface area contributed by atoms with E-state index in [9.17, 15) is 19.2 Å². The highest BCUT2D eigenvalue weighted by Crippen LogP contribution is 2.54. The number of ether oxygens (including phenoxy) is 1. The van der Waals surface area contributed by atoms with Gasteiger partial charge in [0.1, 0.15) is 0 Å². The summed E-state index contributed by atoms with van der Waals surface area (Å²) in [5.74, 6) is 2.55. The van der Waals surface area contributed by atoms with Crippen molar-refractivity contribution in [3.8, 4) is 22.6 Å². The van der Waals surface area contributed by atoms with Crippen molar-refractivity contribution in [1.82, 2.24) is 0 Å². The largest absolute Gasteiger partial charge is 0.453 e. The quantitative estimate of drug-likeness (QED) is 0.0577. The topological polar surface area (TPSA) is 90.5 Å². The van der Waals surface area contributed by atoms with Crippen LogP contribution in [0.4, 0.5) is 68.2 Å². The minimum absolute atomic E-state index is 0.0558. The number of Topliss-reactive ketones (excluding diaryl/α,β-unsaturated/α-hetero) is 4. The highest BCUT2D eigenvalue weighted by molar-refractivity contribution is 7.99. The summed E-state index contributed by atoms with van der Waals surface area (Å²) in [4.78, 5) is 60.9. The predicted octanol–water partition coefficient (Wildman–Crippen LogP) is 31.3. The van der Waals surface area contributed by atoms with Crippen LogP contribution in [0.25, 0.3) is 32.7 Å². The second-order valence-corrected chi connectivity index (χ2v) is 32.1. The standard InChI is InChI=1S/C37H31NO.C26H27NO.C23H21NO2.C23H21NOS/c1-2-3-12-37(39)31-15-13-29(14-16-31)30-17-21-34(22-18-30)38(35-23-19-27-8-4-6-10-32(27)25-35)36-24-20-28-9-5-7-11-33(28)26-36;1-4-5-14-25(28)19-15-17-20(18-16-19)27-23-12-8-6-10-21(23)26(2,3)22-11-7-9-13-24(22)27;2*1-2-3-10-21(25)17-13-15-18(16-14-17)24-19-8-4-6-11-22(19)26-23-12-7-5-9-20(23)24/h4-11,13-26H,2-3,12H2,1H3;6-13,15-18H,4-5,14H2,1-3H3;2*4-9,11-16H,2-3,10H2,1H3. The minimum Gasteiger partial charge on any atom is -0.453 e. The molecule has 9 nitrogen and oxygen atoms in total. The average Bonchev–Trinajstić information content (AvgIpc) is 0.729. The summed E-state index contributed by atoms with van der Waals surface area (Å²) in [6.07, 6.45) is 10.4. The van der Waals surface area contributed by atoms with Crippen molar-refractivity contribution in [3.05, 3.63) is 385 Å². The first-order chi connectivity index (χ1) is 58.3. The molecule has 0 fully saturated rings. The number of rotatable bonds is 23. The Hall–Kier alpha value is -13.2. The van der Waals surface area contributed by atoms with Crippen molar-refractivity contribution in [1.29, 1.82) is 0 Å². The molecule has 0 aromatic heterocycles. The second kappa shape index (κ2) is 37.8. The van der Waals surface area contributed by atoms with E-state index in [4.69, 9.17) is 4.74 Å². The number of ketones is 4. The maximum atomic E-state index is 12.4. The third-order valence-corrected chi connectivity index (χ3v) is 23.7. The molecule has 15 aromatic carbocycles. The van der Waals surface area contributed by atoms with Crippen molar-refractivity contribution in [2.24, 2.45) is 0 Å². The zero-order valence-corrected chi connectivity index (χ0v) is 69.5. The number of carbonyl (C=O) groups excluding carboxylic acids is 4. The summed E-state index contributed by atoms with van der Waals surface area (Å²) >= 11 is 1.80. The van der Waals surface area contributed by atoms with E-state index >= 15 is 0 Å². The van der Waals surface area contributed by atoms with Gasteiger partial charge < -0.3 is 24.3 Å². The molecule has 592 valence electrons. The minimum atomic E-state index is -0.0558. The molecule has 0 bridgehead atoms.